The Labute approximate surface area is 155 Å². The van der Waals surface area contributed by atoms with E-state index in [1.54, 1.807) is 10.9 Å². The van der Waals surface area contributed by atoms with Crippen LogP contribution in [0.2, 0.25) is 0 Å². The highest BCUT2D eigenvalue weighted by Gasteiger charge is 2.09. The first kappa shape index (κ1) is 19.4. The molecule has 1 aromatic heterocycles. The summed E-state index contributed by atoms with van der Waals surface area (Å²) in [7, 11) is 0. The zero-order valence-electron chi connectivity index (χ0n) is 15.4. The van der Waals surface area contributed by atoms with Crippen molar-refractivity contribution < 1.29 is 4.74 Å². The number of rotatable bonds is 10. The molecule has 0 amide bonds. The highest BCUT2D eigenvalue weighted by atomic mass is 32.1. The molecule has 1 N–H and O–H groups in total. The molecule has 0 radical (unpaired) electrons. The molecule has 0 unspecified atom stereocenters. The maximum atomic E-state index is 5.95. The third-order valence-corrected chi connectivity index (χ3v) is 4.19. The zero-order valence-corrected chi connectivity index (χ0v) is 16.2. The van der Waals surface area contributed by atoms with E-state index in [0.717, 1.165) is 30.2 Å². The van der Waals surface area contributed by atoms with E-state index in [2.05, 4.69) is 36.1 Å². The summed E-state index contributed by atoms with van der Waals surface area (Å²) in [5.41, 5.74) is 0.939. The summed E-state index contributed by atoms with van der Waals surface area (Å²) in [6, 6.07) is 7.93. The van der Waals surface area contributed by atoms with Gasteiger partial charge in [0.25, 0.3) is 0 Å². The number of nitrogens with one attached hydrogen (secondary N) is 1. The zero-order chi connectivity index (χ0) is 18.1. The fourth-order valence-corrected chi connectivity index (χ4v) is 2.70. The van der Waals surface area contributed by atoms with Crippen LogP contribution in [0.1, 0.15) is 70.2 Å². The standard InChI is InChI=1S/C19H28N4OS/c1-4-5-6-7-10-13-24-17-12-9-8-11-16(17)14-20-23-18(15(2)3)21-22-19(23)25/h8-9,11-12,14-15H,4-7,10,13H2,1-3H3,(H,22,25)/b20-14-. The number of benzene rings is 1. The lowest BCUT2D eigenvalue weighted by Crippen LogP contribution is -2.03. The predicted molar refractivity (Wildman–Crippen MR) is 105 cm³/mol. The fraction of sp³-hybridized carbons (Fsp3) is 0.526. The van der Waals surface area contributed by atoms with Gasteiger partial charge in [-0.25, -0.2) is 0 Å². The summed E-state index contributed by atoms with van der Waals surface area (Å²) in [4.78, 5) is 0. The van der Waals surface area contributed by atoms with Crippen LogP contribution in [0, 0.1) is 4.77 Å². The van der Waals surface area contributed by atoms with Gasteiger partial charge in [-0.3, -0.25) is 5.10 Å². The van der Waals surface area contributed by atoms with Gasteiger partial charge in [-0.05, 0) is 30.8 Å². The van der Waals surface area contributed by atoms with E-state index in [0.29, 0.717) is 4.77 Å². The van der Waals surface area contributed by atoms with Crippen molar-refractivity contribution in [2.45, 2.75) is 58.8 Å². The minimum atomic E-state index is 0.236. The van der Waals surface area contributed by atoms with Crippen molar-refractivity contribution in [1.82, 2.24) is 14.9 Å². The van der Waals surface area contributed by atoms with Gasteiger partial charge in [0.2, 0.25) is 4.77 Å². The topological polar surface area (TPSA) is 55.2 Å². The first-order chi connectivity index (χ1) is 12.1. The Bertz CT molecular complexity index is 733. The summed E-state index contributed by atoms with van der Waals surface area (Å²) >= 11 is 5.26. The van der Waals surface area contributed by atoms with Crippen LogP contribution in [0.4, 0.5) is 0 Å². The van der Waals surface area contributed by atoms with E-state index in [1.807, 2.05) is 24.3 Å². The monoisotopic (exact) mass is 360 g/mol. The molecule has 25 heavy (non-hydrogen) atoms. The number of aromatic nitrogens is 3. The van der Waals surface area contributed by atoms with Gasteiger partial charge in [-0.2, -0.15) is 14.9 Å². The second kappa shape index (κ2) is 10.1. The Kier molecular flexibility index (Phi) is 7.85. The van der Waals surface area contributed by atoms with Crippen LogP contribution in [0.15, 0.2) is 29.4 Å². The second-order valence-electron chi connectivity index (χ2n) is 6.40. The van der Waals surface area contributed by atoms with Crippen molar-refractivity contribution in [3.05, 3.63) is 40.4 Å². The van der Waals surface area contributed by atoms with Crippen molar-refractivity contribution in [2.75, 3.05) is 6.61 Å². The summed E-state index contributed by atoms with van der Waals surface area (Å²) in [5, 5.41) is 11.5. The van der Waals surface area contributed by atoms with Crippen LogP contribution < -0.4 is 4.74 Å². The SMILES string of the molecule is CCCCCCCOc1ccccc1/C=N\n1c(C(C)C)n[nH]c1=S. The van der Waals surface area contributed by atoms with Crippen LogP contribution in [0.3, 0.4) is 0 Å². The number of H-pyrrole nitrogens is 1. The molecule has 136 valence electrons. The fourth-order valence-electron chi connectivity index (χ4n) is 2.52. The van der Waals surface area contributed by atoms with E-state index in [4.69, 9.17) is 17.0 Å². The molecule has 6 heteroatoms. The van der Waals surface area contributed by atoms with Crippen LogP contribution >= 0.6 is 12.2 Å². The molecule has 0 fully saturated rings. The number of nitrogens with zero attached hydrogens (tertiary/aromatic N) is 3. The largest absolute Gasteiger partial charge is 0.493 e. The number of hydrogen-bond acceptors (Lipinski definition) is 4. The highest BCUT2D eigenvalue weighted by molar-refractivity contribution is 7.71. The molecule has 0 atom stereocenters. The van der Waals surface area contributed by atoms with Crippen molar-refractivity contribution in [1.29, 1.82) is 0 Å². The molecular formula is C19H28N4OS. The maximum Gasteiger partial charge on any atom is 0.216 e. The van der Waals surface area contributed by atoms with Crippen molar-refractivity contribution >= 4 is 18.4 Å². The van der Waals surface area contributed by atoms with Gasteiger partial charge in [-0.1, -0.05) is 58.6 Å². The molecule has 0 aliphatic heterocycles. The summed E-state index contributed by atoms with van der Waals surface area (Å²) in [6.07, 6.45) is 7.91. The molecule has 5 nitrogen and oxygen atoms in total. The first-order valence-corrected chi connectivity index (χ1v) is 9.47. The number of hydrogen-bond donors (Lipinski definition) is 1. The molecular weight excluding hydrogens is 332 g/mol. The first-order valence-electron chi connectivity index (χ1n) is 9.07. The Morgan fingerprint density at radius 1 is 1.24 bits per heavy atom. The normalized spacial score (nSPS) is 11.5. The van der Waals surface area contributed by atoms with Crippen LogP contribution in [0.5, 0.6) is 5.75 Å². The van der Waals surface area contributed by atoms with Gasteiger partial charge in [0.15, 0.2) is 5.82 Å². The molecule has 0 bridgehead atoms. The molecule has 0 aliphatic carbocycles. The molecule has 1 heterocycles. The third-order valence-electron chi connectivity index (χ3n) is 3.93. The Morgan fingerprint density at radius 3 is 2.76 bits per heavy atom. The van der Waals surface area contributed by atoms with Gasteiger partial charge in [0, 0.05) is 11.5 Å². The van der Waals surface area contributed by atoms with E-state index in [1.165, 1.54) is 25.7 Å². The van der Waals surface area contributed by atoms with Gasteiger partial charge in [0.05, 0.1) is 12.8 Å². The van der Waals surface area contributed by atoms with Crippen LogP contribution in [0.25, 0.3) is 0 Å². The number of aromatic amines is 1. The van der Waals surface area contributed by atoms with Crippen LogP contribution in [-0.2, 0) is 0 Å². The van der Waals surface area contributed by atoms with Crippen molar-refractivity contribution in [2.24, 2.45) is 5.10 Å². The van der Waals surface area contributed by atoms with Gasteiger partial charge in [0.1, 0.15) is 5.75 Å². The van der Waals surface area contributed by atoms with Crippen LogP contribution in [-0.4, -0.2) is 27.7 Å². The lowest BCUT2D eigenvalue weighted by Gasteiger charge is -2.09. The Morgan fingerprint density at radius 2 is 2.00 bits per heavy atom. The second-order valence-corrected chi connectivity index (χ2v) is 6.79. The smallest absolute Gasteiger partial charge is 0.216 e. The van der Waals surface area contributed by atoms with Crippen molar-refractivity contribution in [3.63, 3.8) is 0 Å². The summed E-state index contributed by atoms with van der Waals surface area (Å²) < 4.78 is 8.11. The molecule has 0 aliphatic rings. The highest BCUT2D eigenvalue weighted by Crippen LogP contribution is 2.17. The molecule has 0 saturated carbocycles. The third kappa shape index (κ3) is 5.81. The van der Waals surface area contributed by atoms with E-state index >= 15 is 0 Å². The maximum absolute atomic E-state index is 5.95. The Balaban J connectivity index is 2.03. The average Bonchev–Trinajstić information content (AvgIpc) is 2.98. The lowest BCUT2D eigenvalue weighted by atomic mass is 10.2. The van der Waals surface area contributed by atoms with Gasteiger partial charge >= 0.3 is 0 Å². The molecule has 1 aromatic carbocycles. The number of para-hydroxylation sites is 1. The quantitative estimate of drug-likeness (QED) is 0.355. The predicted octanol–water partition coefficient (Wildman–Crippen LogP) is 5.30. The number of ether oxygens (including phenoxy) is 1. The summed E-state index contributed by atoms with van der Waals surface area (Å²) in [6.45, 7) is 7.08. The minimum Gasteiger partial charge on any atom is -0.493 e. The molecule has 2 aromatic rings. The van der Waals surface area contributed by atoms with E-state index in [9.17, 15) is 0 Å². The average molecular weight is 361 g/mol. The van der Waals surface area contributed by atoms with Gasteiger partial charge in [-0.15, -0.1) is 0 Å². The van der Waals surface area contributed by atoms with Crippen molar-refractivity contribution in [3.8, 4) is 5.75 Å². The van der Waals surface area contributed by atoms with Gasteiger partial charge < -0.3 is 4.74 Å². The lowest BCUT2D eigenvalue weighted by molar-refractivity contribution is 0.304. The van der Waals surface area contributed by atoms with E-state index in [-0.39, 0.29) is 5.92 Å². The summed E-state index contributed by atoms with van der Waals surface area (Å²) in [5.74, 6) is 1.90. The number of unbranched alkanes of at least 4 members (excludes halogenated alkanes) is 4. The minimum absolute atomic E-state index is 0.236. The molecule has 0 saturated heterocycles. The molecule has 0 spiro atoms. The van der Waals surface area contributed by atoms with E-state index < -0.39 is 0 Å². The molecule has 2 rings (SSSR count). The Hall–Kier alpha value is -1.95.